The number of nitriles is 1. The van der Waals surface area contributed by atoms with Gasteiger partial charge in [0.2, 0.25) is 6.10 Å². The van der Waals surface area contributed by atoms with Crippen LogP contribution in [-0.2, 0) is 0 Å². The molecule has 0 saturated heterocycles. The number of hydrogen-bond acceptors (Lipinski definition) is 6. The lowest BCUT2D eigenvalue weighted by Gasteiger charge is -2.34. The Kier molecular flexibility index (Phi) is 6.60. The van der Waals surface area contributed by atoms with Crippen LogP contribution < -0.4 is 10.1 Å². The summed E-state index contributed by atoms with van der Waals surface area (Å²) in [7, 11) is 9.56. The lowest BCUT2D eigenvalue weighted by atomic mass is 10.0. The topological polar surface area (TPSA) is 64.4 Å². The number of ether oxygens (including phenoxy) is 1. The van der Waals surface area contributed by atoms with Gasteiger partial charge in [-0.05, 0) is 34.1 Å². The van der Waals surface area contributed by atoms with Crippen LogP contribution in [0.5, 0.6) is 5.75 Å². The molecule has 22 heavy (non-hydrogen) atoms. The van der Waals surface area contributed by atoms with E-state index in [1.54, 1.807) is 6.20 Å². The second kappa shape index (κ2) is 7.97. The molecule has 1 rings (SSSR count). The second-order valence-corrected chi connectivity index (χ2v) is 6.02. The van der Waals surface area contributed by atoms with E-state index in [-0.39, 0.29) is 12.1 Å². The van der Waals surface area contributed by atoms with Gasteiger partial charge in [0.15, 0.2) is 0 Å². The van der Waals surface area contributed by atoms with E-state index >= 15 is 0 Å². The number of nitrogens with one attached hydrogen (secondary N) is 1. The summed E-state index contributed by atoms with van der Waals surface area (Å²) in [5.41, 5.74) is 0.996. The van der Waals surface area contributed by atoms with Gasteiger partial charge in [0.05, 0.1) is 0 Å². The Hall–Kier alpha value is -1.84. The Balaban J connectivity index is 3.16. The maximum Gasteiger partial charge on any atom is 0.212 e. The molecule has 0 aromatic carbocycles. The smallest absolute Gasteiger partial charge is 0.212 e. The lowest BCUT2D eigenvalue weighted by molar-refractivity contribution is 0.0402. The van der Waals surface area contributed by atoms with Gasteiger partial charge in [0, 0.05) is 24.9 Å². The van der Waals surface area contributed by atoms with Gasteiger partial charge in [-0.2, -0.15) is 5.26 Å². The Morgan fingerprint density at radius 2 is 1.82 bits per heavy atom. The molecular weight excluding hydrogens is 278 g/mol. The molecule has 0 saturated carbocycles. The SMILES string of the molecule is CNc1cc(OC(C#N)C(N(C)C)N(C)C)c(C(C)C)cn1. The molecule has 0 fully saturated rings. The molecular formula is C16H27N5O. The van der Waals surface area contributed by atoms with E-state index in [2.05, 4.69) is 30.2 Å². The van der Waals surface area contributed by atoms with Crippen molar-refractivity contribution in [3.63, 3.8) is 0 Å². The molecule has 1 heterocycles. The van der Waals surface area contributed by atoms with Crippen molar-refractivity contribution in [3.8, 4) is 11.8 Å². The van der Waals surface area contributed by atoms with Crippen molar-refractivity contribution in [2.45, 2.75) is 32.0 Å². The second-order valence-electron chi connectivity index (χ2n) is 6.02. The zero-order valence-electron chi connectivity index (χ0n) is 14.6. The summed E-state index contributed by atoms with van der Waals surface area (Å²) in [5, 5.41) is 12.6. The molecule has 1 aromatic rings. The largest absolute Gasteiger partial charge is 0.472 e. The first-order valence-corrected chi connectivity index (χ1v) is 7.38. The molecule has 0 aliphatic carbocycles. The zero-order valence-corrected chi connectivity index (χ0v) is 14.6. The number of anilines is 1. The van der Waals surface area contributed by atoms with Crippen LogP contribution in [0.2, 0.25) is 0 Å². The molecule has 1 N–H and O–H groups in total. The van der Waals surface area contributed by atoms with Crippen LogP contribution in [0.25, 0.3) is 0 Å². The highest BCUT2D eigenvalue weighted by molar-refractivity contribution is 5.46. The average Bonchev–Trinajstić information content (AvgIpc) is 2.45. The summed E-state index contributed by atoms with van der Waals surface area (Å²) in [6.45, 7) is 4.17. The normalized spacial score (nSPS) is 12.8. The highest BCUT2D eigenvalue weighted by Crippen LogP contribution is 2.29. The first-order chi connectivity index (χ1) is 10.3. The summed E-state index contributed by atoms with van der Waals surface area (Å²) in [6, 6.07) is 4.12. The van der Waals surface area contributed by atoms with Crippen molar-refractivity contribution in [1.29, 1.82) is 5.26 Å². The molecule has 0 aliphatic rings. The number of likely N-dealkylation sites (N-methyl/N-ethyl adjacent to an activating group) is 2. The van der Waals surface area contributed by atoms with Crippen LogP contribution in [0.4, 0.5) is 5.82 Å². The van der Waals surface area contributed by atoms with E-state index < -0.39 is 6.10 Å². The molecule has 1 atom stereocenters. The molecule has 0 spiro atoms. The van der Waals surface area contributed by atoms with Gasteiger partial charge in [-0.25, -0.2) is 4.98 Å². The van der Waals surface area contributed by atoms with Crippen LogP contribution in [0, 0.1) is 11.3 Å². The summed E-state index contributed by atoms with van der Waals surface area (Å²) in [4.78, 5) is 8.28. The third kappa shape index (κ3) is 4.33. The zero-order chi connectivity index (χ0) is 16.9. The van der Waals surface area contributed by atoms with Crippen LogP contribution in [0.1, 0.15) is 25.3 Å². The Morgan fingerprint density at radius 1 is 1.23 bits per heavy atom. The van der Waals surface area contributed by atoms with E-state index in [9.17, 15) is 5.26 Å². The van der Waals surface area contributed by atoms with Crippen molar-refractivity contribution in [2.75, 3.05) is 40.6 Å². The summed E-state index contributed by atoms with van der Waals surface area (Å²) in [6.07, 6.45) is 1.06. The van der Waals surface area contributed by atoms with Crippen LogP contribution >= 0.6 is 0 Å². The van der Waals surface area contributed by atoms with Gasteiger partial charge in [-0.1, -0.05) is 13.8 Å². The van der Waals surface area contributed by atoms with Crippen molar-refractivity contribution in [2.24, 2.45) is 0 Å². The van der Waals surface area contributed by atoms with Crippen LogP contribution in [0.3, 0.4) is 0 Å². The third-order valence-corrected chi connectivity index (χ3v) is 3.48. The Labute approximate surface area is 133 Å². The molecule has 0 radical (unpaired) electrons. The predicted octanol–water partition coefficient (Wildman–Crippen LogP) is 1.97. The quantitative estimate of drug-likeness (QED) is 0.777. The summed E-state index contributed by atoms with van der Waals surface area (Å²) in [5.74, 6) is 1.70. The van der Waals surface area contributed by atoms with Gasteiger partial charge in [-0.3, -0.25) is 9.80 Å². The van der Waals surface area contributed by atoms with Gasteiger partial charge >= 0.3 is 0 Å². The predicted molar refractivity (Wildman–Crippen MR) is 89.1 cm³/mol. The fourth-order valence-electron chi connectivity index (χ4n) is 2.41. The Bertz CT molecular complexity index is 514. The Morgan fingerprint density at radius 3 is 2.23 bits per heavy atom. The summed E-state index contributed by atoms with van der Waals surface area (Å²) >= 11 is 0. The molecule has 6 nitrogen and oxygen atoms in total. The number of rotatable bonds is 7. The molecule has 0 bridgehead atoms. The van der Waals surface area contributed by atoms with Crippen LogP contribution in [-0.4, -0.2) is 62.3 Å². The van der Waals surface area contributed by atoms with Gasteiger partial charge < -0.3 is 10.1 Å². The number of pyridine rings is 1. The van der Waals surface area contributed by atoms with Crippen molar-refractivity contribution in [3.05, 3.63) is 17.8 Å². The van der Waals surface area contributed by atoms with Gasteiger partial charge in [-0.15, -0.1) is 0 Å². The lowest BCUT2D eigenvalue weighted by Crippen LogP contribution is -2.50. The number of aromatic nitrogens is 1. The first-order valence-electron chi connectivity index (χ1n) is 7.38. The monoisotopic (exact) mass is 305 g/mol. The highest BCUT2D eigenvalue weighted by atomic mass is 16.5. The molecule has 0 aliphatic heterocycles. The van der Waals surface area contributed by atoms with E-state index in [4.69, 9.17) is 4.74 Å². The van der Waals surface area contributed by atoms with Crippen molar-refractivity contribution >= 4 is 5.82 Å². The maximum absolute atomic E-state index is 9.55. The third-order valence-electron chi connectivity index (χ3n) is 3.48. The van der Waals surface area contributed by atoms with E-state index in [1.165, 1.54) is 0 Å². The fourth-order valence-corrected chi connectivity index (χ4v) is 2.41. The number of nitrogens with zero attached hydrogens (tertiary/aromatic N) is 4. The van der Waals surface area contributed by atoms with E-state index in [0.717, 1.165) is 11.4 Å². The van der Waals surface area contributed by atoms with Gasteiger partial charge in [0.25, 0.3) is 0 Å². The minimum atomic E-state index is -0.602. The van der Waals surface area contributed by atoms with E-state index in [0.29, 0.717) is 5.75 Å². The molecule has 1 unspecified atom stereocenters. The molecule has 6 heteroatoms. The molecule has 0 amide bonds. The molecule has 122 valence electrons. The highest BCUT2D eigenvalue weighted by Gasteiger charge is 2.28. The minimum absolute atomic E-state index is 0.142. The number of hydrogen-bond donors (Lipinski definition) is 1. The summed E-state index contributed by atoms with van der Waals surface area (Å²) < 4.78 is 6.06. The first kappa shape index (κ1) is 18.2. The maximum atomic E-state index is 9.55. The van der Waals surface area contributed by atoms with Crippen LogP contribution in [0.15, 0.2) is 12.3 Å². The van der Waals surface area contributed by atoms with E-state index in [1.807, 2.05) is 51.1 Å². The standard InChI is InChI=1S/C16H27N5O/c1-11(2)12-10-19-15(18-3)8-13(12)22-14(9-17)16(20(4)5)21(6)7/h8,10-11,14,16H,1-7H3,(H,18,19). The van der Waals surface area contributed by atoms with Crippen molar-refractivity contribution < 1.29 is 4.74 Å². The van der Waals surface area contributed by atoms with Crippen molar-refractivity contribution in [1.82, 2.24) is 14.8 Å². The minimum Gasteiger partial charge on any atom is -0.472 e. The van der Waals surface area contributed by atoms with Gasteiger partial charge in [0.1, 0.15) is 23.8 Å². The molecule has 1 aromatic heterocycles. The fraction of sp³-hybridized carbons (Fsp3) is 0.625. The average molecular weight is 305 g/mol.